The van der Waals surface area contributed by atoms with E-state index in [4.69, 9.17) is 9.47 Å². The van der Waals surface area contributed by atoms with Crippen molar-refractivity contribution in [2.75, 3.05) is 13.7 Å². The Hall–Kier alpha value is -3.83. The molecule has 2 rings (SSSR count). The van der Waals surface area contributed by atoms with Crippen LogP contribution in [0.3, 0.4) is 0 Å². The highest BCUT2D eigenvalue weighted by atomic mass is 19.1. The molecule has 2 N–H and O–H groups in total. The van der Waals surface area contributed by atoms with Gasteiger partial charge in [0.15, 0.2) is 6.04 Å². The SMILES string of the molecule is CCC(C)C/C=C/C(=O)N[C@@H](Cc1cc(F)cc(F)c1)C(=O)N[C@H](C(=O)OC)[C@@H](C)OC(=O)C1CCCN1C(C)=O. The first-order valence-corrected chi connectivity index (χ1v) is 13.6. The molecule has 2 unspecified atom stereocenters. The second-order valence-electron chi connectivity index (χ2n) is 10.2. The fourth-order valence-electron chi connectivity index (χ4n) is 4.43. The van der Waals surface area contributed by atoms with Crippen molar-refractivity contribution in [2.45, 2.75) is 84.0 Å². The van der Waals surface area contributed by atoms with Crippen molar-refractivity contribution in [3.63, 3.8) is 0 Å². The molecular formula is C29H39F2N3O7. The Morgan fingerprint density at radius 3 is 2.34 bits per heavy atom. The summed E-state index contributed by atoms with van der Waals surface area (Å²) in [6.07, 6.45) is 3.95. The molecular weight excluding hydrogens is 540 g/mol. The van der Waals surface area contributed by atoms with Crippen LogP contribution in [0.1, 0.15) is 58.9 Å². The highest BCUT2D eigenvalue weighted by molar-refractivity contribution is 5.94. The Bertz CT molecular complexity index is 1120. The molecule has 5 atom stereocenters. The monoisotopic (exact) mass is 579 g/mol. The summed E-state index contributed by atoms with van der Waals surface area (Å²) in [7, 11) is 1.08. The average molecular weight is 580 g/mol. The first kappa shape index (κ1) is 33.4. The molecule has 1 aliphatic heterocycles. The Morgan fingerprint density at radius 2 is 1.76 bits per heavy atom. The minimum absolute atomic E-state index is 0.0891. The fourth-order valence-corrected chi connectivity index (χ4v) is 4.43. The summed E-state index contributed by atoms with van der Waals surface area (Å²) >= 11 is 0. The van der Waals surface area contributed by atoms with Gasteiger partial charge < -0.3 is 25.0 Å². The van der Waals surface area contributed by atoms with Crippen molar-refractivity contribution in [3.8, 4) is 0 Å². The second kappa shape index (κ2) is 15.8. The zero-order valence-electron chi connectivity index (χ0n) is 24.1. The standard InChI is InChI=1S/C29H39F2N3O7/c1-6-17(2)9-7-11-25(36)32-23(15-20-13-21(30)16-22(31)14-20)27(37)33-26(29(39)40-5)18(3)41-28(38)24-10-8-12-34(24)19(4)35/h7,11,13-14,16-18,23-24,26H,6,8-10,12,15H2,1-5H3,(H,32,36)(H,33,37)/b11-7+/t17?,18-,23+,24?,26+/m1/s1. The van der Waals surface area contributed by atoms with E-state index in [1.54, 1.807) is 6.08 Å². The number of halogens is 2. The van der Waals surface area contributed by atoms with Gasteiger partial charge in [0.05, 0.1) is 7.11 Å². The molecule has 1 aromatic carbocycles. The highest BCUT2D eigenvalue weighted by Crippen LogP contribution is 2.20. The molecule has 0 spiro atoms. The lowest BCUT2D eigenvalue weighted by atomic mass is 10.0. The van der Waals surface area contributed by atoms with Gasteiger partial charge in [-0.15, -0.1) is 0 Å². The van der Waals surface area contributed by atoms with Crippen LogP contribution in [-0.4, -0.2) is 72.4 Å². The van der Waals surface area contributed by atoms with Crippen LogP contribution in [0.15, 0.2) is 30.4 Å². The third kappa shape index (κ3) is 10.3. The lowest BCUT2D eigenvalue weighted by molar-refractivity contribution is -0.163. The number of amides is 3. The van der Waals surface area contributed by atoms with Gasteiger partial charge in [-0.1, -0.05) is 26.3 Å². The summed E-state index contributed by atoms with van der Waals surface area (Å²) in [4.78, 5) is 64.6. The second-order valence-corrected chi connectivity index (χ2v) is 10.2. The quantitative estimate of drug-likeness (QED) is 0.271. The number of nitrogens with zero attached hydrogens (tertiary/aromatic N) is 1. The van der Waals surface area contributed by atoms with Crippen LogP contribution in [0.5, 0.6) is 0 Å². The van der Waals surface area contributed by atoms with Crippen LogP contribution in [0.25, 0.3) is 0 Å². The number of methoxy groups -OCH3 is 1. The summed E-state index contributed by atoms with van der Waals surface area (Å²) in [6, 6.07) is -0.919. The third-order valence-corrected chi connectivity index (χ3v) is 6.95. The van der Waals surface area contributed by atoms with Gasteiger partial charge in [0.1, 0.15) is 29.8 Å². The molecule has 1 aromatic rings. The predicted molar refractivity (Wildman–Crippen MR) is 145 cm³/mol. The molecule has 1 saturated heterocycles. The first-order valence-electron chi connectivity index (χ1n) is 13.6. The summed E-state index contributed by atoms with van der Waals surface area (Å²) in [5, 5.41) is 4.95. The van der Waals surface area contributed by atoms with E-state index in [9.17, 15) is 32.8 Å². The van der Waals surface area contributed by atoms with Crippen molar-refractivity contribution in [1.82, 2.24) is 15.5 Å². The molecule has 0 aromatic heterocycles. The smallest absolute Gasteiger partial charge is 0.332 e. The molecule has 1 fully saturated rings. The molecule has 226 valence electrons. The Labute approximate surface area is 238 Å². The van der Waals surface area contributed by atoms with E-state index < -0.39 is 59.6 Å². The van der Waals surface area contributed by atoms with Gasteiger partial charge in [-0.05, 0) is 55.9 Å². The lowest BCUT2D eigenvalue weighted by Gasteiger charge is -2.28. The van der Waals surface area contributed by atoms with Gasteiger partial charge in [-0.25, -0.2) is 18.4 Å². The first-order chi connectivity index (χ1) is 19.4. The van der Waals surface area contributed by atoms with Gasteiger partial charge in [0, 0.05) is 26.0 Å². The summed E-state index contributed by atoms with van der Waals surface area (Å²) in [5.41, 5.74) is 0.0891. The maximum absolute atomic E-state index is 13.8. The van der Waals surface area contributed by atoms with Crippen LogP contribution in [0.4, 0.5) is 8.78 Å². The minimum atomic E-state index is -1.48. The molecule has 1 aliphatic rings. The molecule has 3 amide bonds. The number of allylic oxidation sites excluding steroid dienone is 1. The van der Waals surface area contributed by atoms with Crippen molar-refractivity contribution in [3.05, 3.63) is 47.5 Å². The minimum Gasteiger partial charge on any atom is -0.467 e. The van der Waals surface area contributed by atoms with E-state index in [1.807, 2.05) is 13.8 Å². The number of hydrogen-bond donors (Lipinski definition) is 2. The Balaban J connectivity index is 2.23. The Kier molecular flexibility index (Phi) is 12.9. The van der Waals surface area contributed by atoms with Crippen molar-refractivity contribution in [1.29, 1.82) is 0 Å². The summed E-state index contributed by atoms with van der Waals surface area (Å²) < 4.78 is 37.9. The zero-order valence-corrected chi connectivity index (χ0v) is 24.1. The van der Waals surface area contributed by atoms with Crippen molar-refractivity contribution < 1.29 is 42.2 Å². The van der Waals surface area contributed by atoms with E-state index in [-0.39, 0.29) is 17.9 Å². The van der Waals surface area contributed by atoms with Crippen LogP contribution in [0, 0.1) is 17.6 Å². The number of carbonyl (C=O) groups excluding carboxylic acids is 5. The average Bonchev–Trinajstić information content (AvgIpc) is 3.41. The van der Waals surface area contributed by atoms with Crippen LogP contribution in [0.2, 0.25) is 0 Å². The largest absolute Gasteiger partial charge is 0.467 e. The van der Waals surface area contributed by atoms with E-state index in [1.165, 1.54) is 24.8 Å². The number of hydrogen-bond acceptors (Lipinski definition) is 7. The molecule has 1 heterocycles. The summed E-state index contributed by atoms with van der Waals surface area (Å²) in [5.74, 6) is -4.83. The number of rotatable bonds is 13. The summed E-state index contributed by atoms with van der Waals surface area (Å²) in [6.45, 7) is 7.14. The van der Waals surface area contributed by atoms with Crippen LogP contribution >= 0.6 is 0 Å². The molecule has 10 nitrogen and oxygen atoms in total. The highest BCUT2D eigenvalue weighted by Gasteiger charge is 2.38. The van der Waals surface area contributed by atoms with Crippen molar-refractivity contribution in [2.24, 2.45) is 5.92 Å². The molecule has 0 saturated carbocycles. The topological polar surface area (TPSA) is 131 Å². The molecule has 0 bridgehead atoms. The van der Waals surface area contributed by atoms with E-state index in [0.717, 1.165) is 25.7 Å². The molecule has 0 radical (unpaired) electrons. The predicted octanol–water partition coefficient (Wildman–Crippen LogP) is 2.58. The van der Waals surface area contributed by atoms with Gasteiger partial charge >= 0.3 is 11.9 Å². The van der Waals surface area contributed by atoms with E-state index in [0.29, 0.717) is 37.8 Å². The number of ether oxygens (including phenoxy) is 2. The number of esters is 2. The normalized spacial score (nSPS) is 17.8. The number of likely N-dealkylation sites (tertiary alicyclic amines) is 1. The zero-order chi connectivity index (χ0) is 30.7. The molecule has 12 heteroatoms. The third-order valence-electron chi connectivity index (χ3n) is 6.95. The lowest BCUT2D eigenvalue weighted by Crippen LogP contribution is -2.56. The fraction of sp³-hybridized carbons (Fsp3) is 0.552. The Morgan fingerprint density at radius 1 is 1.10 bits per heavy atom. The van der Waals surface area contributed by atoms with Crippen molar-refractivity contribution >= 4 is 29.7 Å². The maximum atomic E-state index is 13.8. The van der Waals surface area contributed by atoms with E-state index >= 15 is 0 Å². The molecule has 41 heavy (non-hydrogen) atoms. The molecule has 0 aliphatic carbocycles. The number of benzene rings is 1. The van der Waals surface area contributed by atoms with Gasteiger partial charge in [-0.2, -0.15) is 0 Å². The van der Waals surface area contributed by atoms with Crippen LogP contribution < -0.4 is 10.6 Å². The van der Waals surface area contributed by atoms with Gasteiger partial charge in [0.2, 0.25) is 17.7 Å². The van der Waals surface area contributed by atoms with E-state index in [2.05, 4.69) is 10.6 Å². The maximum Gasteiger partial charge on any atom is 0.332 e. The van der Waals surface area contributed by atoms with Gasteiger partial charge in [-0.3, -0.25) is 14.4 Å². The number of carbonyl (C=O) groups is 5. The van der Waals surface area contributed by atoms with Gasteiger partial charge in [0.25, 0.3) is 0 Å². The number of nitrogens with one attached hydrogen (secondary N) is 2. The van der Waals surface area contributed by atoms with Crippen LogP contribution in [-0.2, 0) is 39.9 Å².